The second-order valence-electron chi connectivity index (χ2n) is 5.88. The maximum Gasteiger partial charge on any atom is 0.156 e. The van der Waals surface area contributed by atoms with Gasteiger partial charge in [-0.3, -0.25) is 4.99 Å². The number of hydrogen-bond donors (Lipinski definition) is 1. The van der Waals surface area contributed by atoms with Crippen LogP contribution in [0.4, 0.5) is 0 Å². The van der Waals surface area contributed by atoms with E-state index in [2.05, 4.69) is 5.32 Å². The second kappa shape index (κ2) is 5.64. The molecule has 0 aromatic rings. The second-order valence-corrected chi connectivity index (χ2v) is 6.89. The average molecular weight is 252 g/mol. The molecule has 1 saturated heterocycles. The Morgan fingerprint density at radius 3 is 2.88 bits per heavy atom. The molecule has 2 unspecified atom stereocenters. The van der Waals surface area contributed by atoms with Crippen LogP contribution in [0.1, 0.15) is 51.4 Å². The molecular formula is C14H24N2S. The molecule has 1 heterocycles. The number of nitrogens with zero attached hydrogens (tertiary/aromatic N) is 1. The molecular weight excluding hydrogens is 228 g/mol. The van der Waals surface area contributed by atoms with Crippen molar-refractivity contribution in [3.05, 3.63) is 0 Å². The Labute approximate surface area is 109 Å². The first-order valence-electron chi connectivity index (χ1n) is 7.35. The molecule has 2 aliphatic carbocycles. The molecule has 96 valence electrons. The van der Waals surface area contributed by atoms with Gasteiger partial charge in [-0.1, -0.05) is 43.9 Å². The summed E-state index contributed by atoms with van der Waals surface area (Å²) in [5, 5.41) is 4.90. The minimum atomic E-state index is 0.751. The van der Waals surface area contributed by atoms with Crippen molar-refractivity contribution in [3.63, 3.8) is 0 Å². The quantitative estimate of drug-likeness (QED) is 0.832. The van der Waals surface area contributed by atoms with Gasteiger partial charge in [0.25, 0.3) is 0 Å². The van der Waals surface area contributed by atoms with Gasteiger partial charge in [0.2, 0.25) is 0 Å². The zero-order valence-electron chi connectivity index (χ0n) is 10.7. The van der Waals surface area contributed by atoms with Crippen LogP contribution in [-0.2, 0) is 0 Å². The lowest BCUT2D eigenvalue weighted by molar-refractivity contribution is 0.486. The first-order chi connectivity index (χ1) is 8.42. The molecule has 0 bridgehead atoms. The Balaban J connectivity index is 1.44. The summed E-state index contributed by atoms with van der Waals surface area (Å²) in [4.78, 5) is 4.78. The molecule has 2 atom stereocenters. The maximum absolute atomic E-state index is 4.78. The lowest BCUT2D eigenvalue weighted by Crippen LogP contribution is -2.41. The van der Waals surface area contributed by atoms with Crippen LogP contribution in [0.5, 0.6) is 0 Å². The zero-order chi connectivity index (χ0) is 11.5. The van der Waals surface area contributed by atoms with Crippen LogP contribution in [0.3, 0.4) is 0 Å². The molecule has 3 fully saturated rings. The molecule has 1 N–H and O–H groups in total. The molecule has 0 radical (unpaired) electrons. The highest BCUT2D eigenvalue weighted by molar-refractivity contribution is 8.13. The van der Waals surface area contributed by atoms with Gasteiger partial charge in [0.05, 0.1) is 0 Å². The number of thioether (sulfide) groups is 1. The van der Waals surface area contributed by atoms with Crippen molar-refractivity contribution in [1.29, 1.82) is 0 Å². The Bertz CT molecular complexity index is 284. The highest BCUT2D eigenvalue weighted by Gasteiger charge is 2.31. The average Bonchev–Trinajstić information content (AvgIpc) is 2.98. The van der Waals surface area contributed by atoms with E-state index >= 15 is 0 Å². The SMILES string of the molecule is C1CCC(CCN=C2NC3CCCC3CS2)C1. The third kappa shape index (κ3) is 2.98. The van der Waals surface area contributed by atoms with Crippen LogP contribution < -0.4 is 5.32 Å². The van der Waals surface area contributed by atoms with E-state index in [-0.39, 0.29) is 0 Å². The van der Waals surface area contributed by atoms with Crippen molar-refractivity contribution in [2.75, 3.05) is 12.3 Å². The number of amidine groups is 1. The summed E-state index contributed by atoms with van der Waals surface area (Å²) < 4.78 is 0. The Hall–Kier alpha value is -0.180. The van der Waals surface area contributed by atoms with E-state index in [4.69, 9.17) is 4.99 Å². The first-order valence-corrected chi connectivity index (χ1v) is 8.34. The number of fused-ring (bicyclic) bond motifs is 1. The summed E-state index contributed by atoms with van der Waals surface area (Å²) in [7, 11) is 0. The fraction of sp³-hybridized carbons (Fsp3) is 0.929. The van der Waals surface area contributed by atoms with E-state index in [9.17, 15) is 0 Å². The minimum absolute atomic E-state index is 0.751. The molecule has 3 rings (SSSR count). The normalized spacial score (nSPS) is 36.1. The predicted octanol–water partition coefficient (Wildman–Crippen LogP) is 3.43. The molecule has 0 aromatic heterocycles. The molecule has 17 heavy (non-hydrogen) atoms. The standard InChI is InChI=1S/C14H24N2S/c1-2-5-11(4-1)8-9-15-14-16-13-7-3-6-12(13)10-17-14/h11-13H,1-10H2,(H,15,16). The van der Waals surface area contributed by atoms with E-state index < -0.39 is 0 Å². The highest BCUT2D eigenvalue weighted by atomic mass is 32.2. The lowest BCUT2D eigenvalue weighted by Gasteiger charge is -2.28. The lowest BCUT2D eigenvalue weighted by atomic mass is 10.0. The minimum Gasteiger partial charge on any atom is -0.362 e. The van der Waals surface area contributed by atoms with Crippen molar-refractivity contribution in [1.82, 2.24) is 5.32 Å². The molecule has 0 spiro atoms. The number of aliphatic imine (C=N–C) groups is 1. The molecule has 0 aromatic carbocycles. The van der Waals surface area contributed by atoms with Gasteiger partial charge in [-0.25, -0.2) is 0 Å². The van der Waals surface area contributed by atoms with E-state index in [1.54, 1.807) is 0 Å². The maximum atomic E-state index is 4.78. The van der Waals surface area contributed by atoms with Gasteiger partial charge in [0.1, 0.15) is 0 Å². The number of hydrogen-bond acceptors (Lipinski definition) is 2. The number of nitrogens with one attached hydrogen (secondary N) is 1. The highest BCUT2D eigenvalue weighted by Crippen LogP contribution is 2.33. The monoisotopic (exact) mass is 252 g/mol. The van der Waals surface area contributed by atoms with Crippen LogP contribution in [-0.4, -0.2) is 23.5 Å². The van der Waals surface area contributed by atoms with Gasteiger partial charge >= 0.3 is 0 Å². The molecule has 1 aliphatic heterocycles. The van der Waals surface area contributed by atoms with Crippen LogP contribution >= 0.6 is 11.8 Å². The van der Waals surface area contributed by atoms with Gasteiger partial charge in [0, 0.05) is 18.3 Å². The van der Waals surface area contributed by atoms with Crippen molar-refractivity contribution in [3.8, 4) is 0 Å². The fourth-order valence-corrected chi connectivity index (χ4v) is 4.74. The number of rotatable bonds is 3. The van der Waals surface area contributed by atoms with E-state index in [1.165, 1.54) is 62.3 Å². The molecule has 2 nitrogen and oxygen atoms in total. The van der Waals surface area contributed by atoms with E-state index in [0.717, 1.165) is 24.4 Å². The van der Waals surface area contributed by atoms with Gasteiger partial charge in [0.15, 0.2) is 5.17 Å². The van der Waals surface area contributed by atoms with Crippen LogP contribution in [0.2, 0.25) is 0 Å². The Morgan fingerprint density at radius 1 is 1.12 bits per heavy atom. The van der Waals surface area contributed by atoms with Crippen molar-refractivity contribution < 1.29 is 0 Å². The van der Waals surface area contributed by atoms with Gasteiger partial charge in [-0.15, -0.1) is 0 Å². The predicted molar refractivity (Wildman–Crippen MR) is 75.6 cm³/mol. The summed E-state index contributed by atoms with van der Waals surface area (Å²) in [5.74, 6) is 3.21. The smallest absolute Gasteiger partial charge is 0.156 e. The van der Waals surface area contributed by atoms with E-state index in [1.807, 2.05) is 11.8 Å². The largest absolute Gasteiger partial charge is 0.362 e. The van der Waals surface area contributed by atoms with Crippen LogP contribution in [0.15, 0.2) is 4.99 Å². The third-order valence-electron chi connectivity index (χ3n) is 4.67. The third-order valence-corrected chi connectivity index (χ3v) is 5.78. The summed E-state index contributed by atoms with van der Waals surface area (Å²) in [6.07, 6.45) is 11.4. The van der Waals surface area contributed by atoms with Crippen molar-refractivity contribution in [2.45, 2.75) is 57.4 Å². The summed E-state index contributed by atoms with van der Waals surface area (Å²) in [5.41, 5.74) is 0. The van der Waals surface area contributed by atoms with Crippen LogP contribution in [0, 0.1) is 11.8 Å². The molecule has 0 amide bonds. The first kappa shape index (κ1) is 11.9. The van der Waals surface area contributed by atoms with Gasteiger partial charge in [-0.2, -0.15) is 0 Å². The molecule has 2 saturated carbocycles. The summed E-state index contributed by atoms with van der Waals surface area (Å²) >= 11 is 1.96. The Morgan fingerprint density at radius 2 is 2.00 bits per heavy atom. The van der Waals surface area contributed by atoms with Gasteiger partial charge in [-0.05, 0) is 31.1 Å². The molecule has 3 aliphatic rings. The zero-order valence-corrected chi connectivity index (χ0v) is 11.5. The van der Waals surface area contributed by atoms with E-state index in [0.29, 0.717) is 0 Å². The van der Waals surface area contributed by atoms with Gasteiger partial charge < -0.3 is 5.32 Å². The summed E-state index contributed by atoms with van der Waals surface area (Å²) in [6.45, 7) is 1.05. The van der Waals surface area contributed by atoms with Crippen molar-refractivity contribution in [2.24, 2.45) is 16.8 Å². The topological polar surface area (TPSA) is 24.4 Å². The van der Waals surface area contributed by atoms with Crippen molar-refractivity contribution >= 4 is 16.9 Å². The summed E-state index contributed by atoms with van der Waals surface area (Å²) in [6, 6.07) is 0.751. The Kier molecular flexibility index (Phi) is 3.94. The van der Waals surface area contributed by atoms with Crippen LogP contribution in [0.25, 0.3) is 0 Å². The molecule has 3 heteroatoms. The fourth-order valence-electron chi connectivity index (χ4n) is 3.55.